The van der Waals surface area contributed by atoms with Crippen molar-refractivity contribution in [2.24, 2.45) is 12.8 Å². The summed E-state index contributed by atoms with van der Waals surface area (Å²) in [5.41, 5.74) is 7.48. The first-order chi connectivity index (χ1) is 10.1. The Morgan fingerprint density at radius 1 is 1.57 bits per heavy atom. The molecule has 2 aromatic rings. The highest BCUT2D eigenvalue weighted by molar-refractivity contribution is 7.14. The number of nitrogens with one attached hydrogen (secondary N) is 1. The van der Waals surface area contributed by atoms with Gasteiger partial charge in [-0.2, -0.15) is 5.10 Å². The number of aromatic nitrogens is 2. The molecule has 0 unspecified atom stereocenters. The minimum absolute atomic E-state index is 0.0622. The van der Waals surface area contributed by atoms with Crippen molar-refractivity contribution >= 4 is 17.2 Å². The van der Waals surface area contributed by atoms with E-state index < -0.39 is 0 Å². The topological polar surface area (TPSA) is 72.9 Å². The van der Waals surface area contributed by atoms with Gasteiger partial charge in [0.25, 0.3) is 5.91 Å². The van der Waals surface area contributed by atoms with Crippen molar-refractivity contribution in [2.45, 2.75) is 13.3 Å². The highest BCUT2D eigenvalue weighted by Crippen LogP contribution is 2.20. The third-order valence-electron chi connectivity index (χ3n) is 2.90. The molecule has 0 aromatic carbocycles. The van der Waals surface area contributed by atoms with E-state index in [9.17, 15) is 4.79 Å². The van der Waals surface area contributed by atoms with Gasteiger partial charge in [0, 0.05) is 19.8 Å². The first kappa shape index (κ1) is 15.3. The Labute approximate surface area is 128 Å². The van der Waals surface area contributed by atoms with Crippen LogP contribution >= 0.6 is 11.3 Å². The van der Waals surface area contributed by atoms with Gasteiger partial charge in [-0.25, -0.2) is 0 Å². The van der Waals surface area contributed by atoms with E-state index in [2.05, 4.69) is 22.3 Å². The Kier molecular flexibility index (Phi) is 5.14. The van der Waals surface area contributed by atoms with Gasteiger partial charge in [0.1, 0.15) is 0 Å². The maximum absolute atomic E-state index is 12.1. The number of rotatable bonds is 4. The summed E-state index contributed by atoms with van der Waals surface area (Å²) in [7, 11) is 1.88. The number of nitrogens with two attached hydrogens (primary N) is 1. The van der Waals surface area contributed by atoms with Crippen LogP contribution in [0, 0.1) is 18.8 Å². The van der Waals surface area contributed by atoms with Crippen LogP contribution in [0.3, 0.4) is 0 Å². The smallest absolute Gasteiger partial charge is 0.261 e. The van der Waals surface area contributed by atoms with Gasteiger partial charge in [0.05, 0.1) is 22.5 Å². The normalized spacial score (nSPS) is 10.0. The maximum atomic E-state index is 12.1. The summed E-state index contributed by atoms with van der Waals surface area (Å²) in [6.45, 7) is 2.86. The number of thiophene rings is 1. The lowest BCUT2D eigenvalue weighted by atomic mass is 10.2. The first-order valence-electron chi connectivity index (χ1n) is 6.65. The fourth-order valence-corrected chi connectivity index (χ4v) is 2.82. The highest BCUT2D eigenvalue weighted by atomic mass is 32.1. The van der Waals surface area contributed by atoms with Crippen LogP contribution in [0.5, 0.6) is 0 Å². The van der Waals surface area contributed by atoms with Crippen LogP contribution in [-0.4, -0.2) is 28.8 Å². The second kappa shape index (κ2) is 7.07. The number of amides is 1. The van der Waals surface area contributed by atoms with Crippen LogP contribution in [-0.2, 0) is 13.5 Å². The summed E-state index contributed by atoms with van der Waals surface area (Å²) in [5, 5.41) is 7.01. The minimum Gasteiger partial charge on any atom is -0.351 e. The fourth-order valence-electron chi connectivity index (χ4n) is 1.86. The minimum atomic E-state index is -0.0622. The van der Waals surface area contributed by atoms with Crippen molar-refractivity contribution in [2.75, 3.05) is 13.1 Å². The van der Waals surface area contributed by atoms with Crippen LogP contribution < -0.4 is 11.1 Å². The second-order valence-electron chi connectivity index (χ2n) is 4.66. The van der Waals surface area contributed by atoms with E-state index >= 15 is 0 Å². The molecule has 110 valence electrons. The number of carbonyl (C=O) groups excluding carboxylic acids is 1. The first-order valence-corrected chi connectivity index (χ1v) is 7.47. The van der Waals surface area contributed by atoms with Crippen molar-refractivity contribution in [1.29, 1.82) is 0 Å². The van der Waals surface area contributed by atoms with E-state index in [0.29, 0.717) is 18.0 Å². The van der Waals surface area contributed by atoms with Crippen molar-refractivity contribution in [3.63, 3.8) is 0 Å². The predicted octanol–water partition coefficient (Wildman–Crippen LogP) is 1.07. The molecule has 0 fully saturated rings. The quantitative estimate of drug-likeness (QED) is 0.830. The zero-order chi connectivity index (χ0) is 15.2. The Balaban J connectivity index is 1.91. The SMILES string of the molecule is Cc1cc(C(=O)NCCc2cnn(C)c2)sc1C#CCN. The second-order valence-corrected chi connectivity index (χ2v) is 5.71. The van der Waals surface area contributed by atoms with E-state index in [1.807, 2.05) is 32.4 Å². The Morgan fingerprint density at radius 3 is 3.05 bits per heavy atom. The molecule has 2 rings (SSSR count). The van der Waals surface area contributed by atoms with Gasteiger partial charge in [0.15, 0.2) is 0 Å². The molecule has 21 heavy (non-hydrogen) atoms. The Hall–Kier alpha value is -2.10. The average Bonchev–Trinajstić information content (AvgIpc) is 3.03. The van der Waals surface area contributed by atoms with Crippen LogP contribution in [0.4, 0.5) is 0 Å². The summed E-state index contributed by atoms with van der Waals surface area (Å²) in [4.78, 5) is 13.7. The lowest BCUT2D eigenvalue weighted by Crippen LogP contribution is -2.24. The zero-order valence-electron chi connectivity index (χ0n) is 12.1. The molecule has 0 aliphatic heterocycles. The van der Waals surface area contributed by atoms with Crippen LogP contribution in [0.1, 0.15) is 25.7 Å². The fraction of sp³-hybridized carbons (Fsp3) is 0.333. The van der Waals surface area contributed by atoms with Crippen LogP contribution in [0.25, 0.3) is 0 Å². The number of carbonyl (C=O) groups is 1. The lowest BCUT2D eigenvalue weighted by molar-refractivity contribution is 0.0958. The van der Waals surface area contributed by atoms with E-state index in [0.717, 1.165) is 22.4 Å². The van der Waals surface area contributed by atoms with E-state index in [1.165, 1.54) is 11.3 Å². The molecular weight excluding hydrogens is 284 g/mol. The molecule has 3 N–H and O–H groups in total. The van der Waals surface area contributed by atoms with Gasteiger partial charge in [-0.15, -0.1) is 11.3 Å². The van der Waals surface area contributed by atoms with E-state index in [-0.39, 0.29) is 5.91 Å². The summed E-state index contributed by atoms with van der Waals surface area (Å²) >= 11 is 1.40. The molecule has 6 heteroatoms. The molecule has 2 aromatic heterocycles. The molecule has 0 aliphatic carbocycles. The van der Waals surface area contributed by atoms with Crippen LogP contribution in [0.2, 0.25) is 0 Å². The van der Waals surface area contributed by atoms with Gasteiger partial charge >= 0.3 is 0 Å². The molecule has 5 nitrogen and oxygen atoms in total. The largest absolute Gasteiger partial charge is 0.351 e. The van der Waals surface area contributed by atoms with Crippen molar-refractivity contribution in [1.82, 2.24) is 15.1 Å². The van der Waals surface area contributed by atoms with Crippen molar-refractivity contribution in [3.8, 4) is 11.8 Å². The van der Waals surface area contributed by atoms with Crippen molar-refractivity contribution in [3.05, 3.63) is 39.3 Å². The monoisotopic (exact) mass is 302 g/mol. The van der Waals surface area contributed by atoms with E-state index in [1.54, 1.807) is 4.68 Å². The van der Waals surface area contributed by atoms with Gasteiger partial charge in [-0.1, -0.05) is 11.8 Å². The molecule has 0 spiro atoms. The molecule has 0 saturated heterocycles. The summed E-state index contributed by atoms with van der Waals surface area (Å²) in [5.74, 6) is 5.73. The molecular formula is C15H18N4OS. The average molecular weight is 302 g/mol. The molecule has 0 bridgehead atoms. The van der Waals surface area contributed by atoms with Crippen molar-refractivity contribution < 1.29 is 4.79 Å². The third-order valence-corrected chi connectivity index (χ3v) is 4.05. The van der Waals surface area contributed by atoms with Gasteiger partial charge < -0.3 is 11.1 Å². The number of aryl methyl sites for hydroxylation is 2. The lowest BCUT2D eigenvalue weighted by Gasteiger charge is -2.01. The van der Waals surface area contributed by atoms with E-state index in [4.69, 9.17) is 5.73 Å². The molecule has 0 saturated carbocycles. The number of hydrogen-bond acceptors (Lipinski definition) is 4. The molecule has 2 heterocycles. The Bertz CT molecular complexity index is 690. The summed E-state index contributed by atoms with van der Waals surface area (Å²) in [6.07, 6.45) is 4.52. The highest BCUT2D eigenvalue weighted by Gasteiger charge is 2.11. The van der Waals surface area contributed by atoms with Crippen LogP contribution in [0.15, 0.2) is 18.5 Å². The maximum Gasteiger partial charge on any atom is 0.261 e. The van der Waals surface area contributed by atoms with Gasteiger partial charge in [0.2, 0.25) is 0 Å². The molecule has 1 amide bonds. The molecule has 0 aliphatic rings. The molecule has 0 atom stereocenters. The number of hydrogen-bond donors (Lipinski definition) is 2. The Morgan fingerprint density at radius 2 is 2.38 bits per heavy atom. The predicted molar refractivity (Wildman–Crippen MR) is 84.2 cm³/mol. The van der Waals surface area contributed by atoms with Gasteiger partial charge in [-0.3, -0.25) is 9.48 Å². The summed E-state index contributed by atoms with van der Waals surface area (Å²) in [6, 6.07) is 1.87. The number of nitrogens with zero attached hydrogens (tertiary/aromatic N) is 2. The van der Waals surface area contributed by atoms with Gasteiger partial charge in [-0.05, 0) is 30.5 Å². The summed E-state index contributed by atoms with van der Waals surface area (Å²) < 4.78 is 1.75. The zero-order valence-corrected chi connectivity index (χ0v) is 13.0. The third kappa shape index (κ3) is 4.18. The molecule has 0 radical (unpaired) electrons. The standard InChI is InChI=1S/C15H18N4OS/c1-11-8-14(21-13(11)4-3-6-16)15(20)17-7-5-12-9-18-19(2)10-12/h8-10H,5-7,16H2,1-2H3,(H,17,20).